The van der Waals surface area contributed by atoms with Crippen LogP contribution in [0.4, 0.5) is 0 Å². The highest BCUT2D eigenvalue weighted by Gasteiger charge is 2.09. The zero-order valence-corrected chi connectivity index (χ0v) is 12.2. The molecule has 0 atom stereocenters. The van der Waals surface area contributed by atoms with Crippen LogP contribution in [0.25, 0.3) is 11.7 Å². The van der Waals surface area contributed by atoms with E-state index in [2.05, 4.69) is 40.8 Å². The lowest BCUT2D eigenvalue weighted by Gasteiger charge is -2.07. The van der Waals surface area contributed by atoms with E-state index >= 15 is 0 Å². The highest BCUT2D eigenvalue weighted by atomic mass is 79.9. The van der Waals surface area contributed by atoms with Crippen LogP contribution in [0.5, 0.6) is 0 Å². The van der Waals surface area contributed by atoms with Crippen LogP contribution in [0.3, 0.4) is 0 Å². The topological polar surface area (TPSA) is 17.3 Å². The fourth-order valence-electron chi connectivity index (χ4n) is 1.65. The van der Waals surface area contributed by atoms with E-state index in [-0.39, 0.29) is 0 Å². The number of rotatable bonds is 3. The molecule has 0 N–H and O–H groups in total. The average Bonchev–Trinajstić information content (AvgIpc) is 2.61. The first-order valence-corrected chi connectivity index (χ1v) is 7.02. The molecule has 4 heteroatoms. The third-order valence-electron chi connectivity index (χ3n) is 2.74. The monoisotopic (exact) mass is 312 g/mol. The molecule has 0 saturated carbocycles. The van der Waals surface area contributed by atoms with Crippen molar-refractivity contribution in [2.45, 2.75) is 13.8 Å². The molecule has 0 aliphatic rings. The number of alkyl halides is 1. The number of hydrogen-bond donors (Lipinski definition) is 0. The maximum Gasteiger partial charge on any atom is 0.155 e. The summed E-state index contributed by atoms with van der Waals surface area (Å²) in [5.74, 6) is 0.486. The average molecular weight is 314 g/mol. The van der Waals surface area contributed by atoms with E-state index in [0.717, 1.165) is 16.7 Å². The third kappa shape index (κ3) is 2.55. The minimum Gasteiger partial charge on any atom is -0.299 e. The minimum absolute atomic E-state index is 0.486. The van der Waals surface area contributed by atoms with E-state index in [1.807, 2.05) is 28.8 Å². The van der Waals surface area contributed by atoms with E-state index in [1.165, 1.54) is 5.57 Å². The van der Waals surface area contributed by atoms with E-state index < -0.39 is 0 Å². The van der Waals surface area contributed by atoms with Gasteiger partial charge in [0, 0.05) is 11.5 Å². The van der Waals surface area contributed by atoms with Gasteiger partial charge in [0.15, 0.2) is 5.15 Å². The Kier molecular flexibility index (Phi) is 3.89. The number of halogens is 2. The van der Waals surface area contributed by atoms with Gasteiger partial charge in [-0.3, -0.25) is 4.40 Å². The van der Waals surface area contributed by atoms with Gasteiger partial charge in [0.05, 0.1) is 5.69 Å². The third-order valence-corrected chi connectivity index (χ3v) is 3.67. The van der Waals surface area contributed by atoms with Crippen molar-refractivity contribution in [3.63, 3.8) is 0 Å². The van der Waals surface area contributed by atoms with Crippen molar-refractivity contribution in [2.24, 2.45) is 5.92 Å². The van der Waals surface area contributed by atoms with Crippen LogP contribution in [-0.4, -0.2) is 14.7 Å². The van der Waals surface area contributed by atoms with Gasteiger partial charge in [-0.1, -0.05) is 53.0 Å². The predicted octanol–water partition coefficient (Wildman–Crippen LogP) is 4.42. The number of nitrogens with zero attached hydrogens (tertiary/aromatic N) is 2. The molecule has 0 aliphatic carbocycles. The molecule has 2 aromatic rings. The van der Waals surface area contributed by atoms with Gasteiger partial charge in [0.25, 0.3) is 0 Å². The molecule has 2 rings (SSSR count). The number of imidazole rings is 1. The lowest BCUT2D eigenvalue weighted by Crippen LogP contribution is -1.96. The molecule has 2 aromatic heterocycles. The van der Waals surface area contributed by atoms with E-state index in [0.29, 0.717) is 11.1 Å². The SMILES string of the molecule is CC(C)C(=Cc1c(Cl)nc2ccccn12)CBr. The van der Waals surface area contributed by atoms with Crippen molar-refractivity contribution in [1.29, 1.82) is 0 Å². The normalized spacial score (nSPS) is 12.6. The zero-order valence-electron chi connectivity index (χ0n) is 9.82. The van der Waals surface area contributed by atoms with Crippen molar-refractivity contribution in [1.82, 2.24) is 9.38 Å². The summed E-state index contributed by atoms with van der Waals surface area (Å²) in [5, 5.41) is 1.40. The summed E-state index contributed by atoms with van der Waals surface area (Å²) in [6.07, 6.45) is 4.09. The van der Waals surface area contributed by atoms with Gasteiger partial charge in [0.2, 0.25) is 0 Å². The van der Waals surface area contributed by atoms with E-state index in [4.69, 9.17) is 11.6 Å². The van der Waals surface area contributed by atoms with Gasteiger partial charge in [-0.25, -0.2) is 4.98 Å². The number of pyridine rings is 1. The second kappa shape index (κ2) is 5.23. The molecule has 0 fully saturated rings. The van der Waals surface area contributed by atoms with Crippen LogP contribution in [0.2, 0.25) is 5.15 Å². The molecule has 0 bridgehead atoms. The highest BCUT2D eigenvalue weighted by molar-refractivity contribution is 9.09. The zero-order chi connectivity index (χ0) is 12.4. The Labute approximate surface area is 114 Å². The maximum atomic E-state index is 6.18. The summed E-state index contributed by atoms with van der Waals surface area (Å²) in [6.45, 7) is 4.34. The predicted molar refractivity (Wildman–Crippen MR) is 76.8 cm³/mol. The standard InChI is InChI=1S/C13H14BrClN2/c1-9(2)10(8-14)7-11-13(15)16-12-5-3-4-6-17(11)12/h3-7,9H,8H2,1-2H3. The quantitative estimate of drug-likeness (QED) is 0.767. The van der Waals surface area contributed by atoms with Crippen LogP contribution in [0.1, 0.15) is 19.5 Å². The van der Waals surface area contributed by atoms with Gasteiger partial charge in [-0.15, -0.1) is 0 Å². The van der Waals surface area contributed by atoms with Crippen LogP contribution in [0.15, 0.2) is 30.0 Å². The van der Waals surface area contributed by atoms with Crippen molar-refractivity contribution in [3.8, 4) is 0 Å². The lowest BCUT2D eigenvalue weighted by atomic mass is 10.0. The Morgan fingerprint density at radius 1 is 1.53 bits per heavy atom. The van der Waals surface area contributed by atoms with E-state index in [9.17, 15) is 0 Å². The Hall–Kier alpha value is -0.800. The minimum atomic E-state index is 0.486. The number of aromatic nitrogens is 2. The molecule has 0 aromatic carbocycles. The molecule has 0 unspecified atom stereocenters. The number of allylic oxidation sites excluding steroid dienone is 1. The summed E-state index contributed by atoms with van der Waals surface area (Å²) in [4.78, 5) is 4.33. The summed E-state index contributed by atoms with van der Waals surface area (Å²) < 4.78 is 2.01. The largest absolute Gasteiger partial charge is 0.299 e. The highest BCUT2D eigenvalue weighted by Crippen LogP contribution is 2.23. The first kappa shape index (κ1) is 12.7. The fourth-order valence-corrected chi connectivity index (χ4v) is 2.69. The molecular formula is C13H14BrClN2. The van der Waals surface area contributed by atoms with Gasteiger partial charge >= 0.3 is 0 Å². The van der Waals surface area contributed by atoms with Gasteiger partial charge < -0.3 is 0 Å². The second-order valence-electron chi connectivity index (χ2n) is 4.22. The first-order valence-electron chi connectivity index (χ1n) is 5.52. The maximum absolute atomic E-state index is 6.18. The molecule has 0 radical (unpaired) electrons. The van der Waals surface area contributed by atoms with Crippen LogP contribution in [-0.2, 0) is 0 Å². The van der Waals surface area contributed by atoms with E-state index in [1.54, 1.807) is 0 Å². The van der Waals surface area contributed by atoms with Gasteiger partial charge in [0.1, 0.15) is 5.65 Å². The molecule has 0 saturated heterocycles. The Balaban J connectivity index is 2.58. The Bertz CT molecular complexity index is 558. The molecule has 2 heterocycles. The number of fused-ring (bicyclic) bond motifs is 1. The molecule has 0 amide bonds. The smallest absolute Gasteiger partial charge is 0.155 e. The molecule has 90 valence electrons. The van der Waals surface area contributed by atoms with Crippen molar-refractivity contribution >= 4 is 39.3 Å². The lowest BCUT2D eigenvalue weighted by molar-refractivity contribution is 0.780. The molecule has 17 heavy (non-hydrogen) atoms. The Morgan fingerprint density at radius 3 is 2.94 bits per heavy atom. The van der Waals surface area contributed by atoms with Crippen molar-refractivity contribution in [2.75, 3.05) is 5.33 Å². The van der Waals surface area contributed by atoms with Crippen LogP contribution in [0, 0.1) is 5.92 Å². The summed E-state index contributed by atoms with van der Waals surface area (Å²) >= 11 is 9.69. The Morgan fingerprint density at radius 2 is 2.29 bits per heavy atom. The fraction of sp³-hybridized carbons (Fsp3) is 0.308. The number of hydrogen-bond acceptors (Lipinski definition) is 1. The second-order valence-corrected chi connectivity index (χ2v) is 5.14. The first-order chi connectivity index (χ1) is 8.13. The molecule has 0 spiro atoms. The summed E-state index contributed by atoms with van der Waals surface area (Å²) in [5.41, 5.74) is 3.13. The summed E-state index contributed by atoms with van der Waals surface area (Å²) in [6, 6.07) is 5.89. The van der Waals surface area contributed by atoms with Gasteiger partial charge in [-0.05, 0) is 24.1 Å². The van der Waals surface area contributed by atoms with Crippen LogP contribution >= 0.6 is 27.5 Å². The van der Waals surface area contributed by atoms with Crippen molar-refractivity contribution < 1.29 is 0 Å². The van der Waals surface area contributed by atoms with Crippen LogP contribution < -0.4 is 0 Å². The molecular weight excluding hydrogens is 300 g/mol. The van der Waals surface area contributed by atoms with Crippen molar-refractivity contribution in [3.05, 3.63) is 40.8 Å². The molecule has 2 nitrogen and oxygen atoms in total. The van der Waals surface area contributed by atoms with Gasteiger partial charge in [-0.2, -0.15) is 0 Å². The molecule has 0 aliphatic heterocycles. The summed E-state index contributed by atoms with van der Waals surface area (Å²) in [7, 11) is 0.